The van der Waals surface area contributed by atoms with Gasteiger partial charge in [-0.15, -0.1) is 11.8 Å². The fraction of sp³-hybridized carbons (Fsp3) is 0.235. The lowest BCUT2D eigenvalue weighted by Gasteiger charge is -2.17. The van der Waals surface area contributed by atoms with Crippen LogP contribution in [0.2, 0.25) is 0 Å². The summed E-state index contributed by atoms with van der Waals surface area (Å²) in [5.41, 5.74) is 5.10. The van der Waals surface area contributed by atoms with Gasteiger partial charge in [0.2, 0.25) is 11.9 Å². The lowest BCUT2D eigenvalue weighted by atomic mass is 10.0. The van der Waals surface area contributed by atoms with Gasteiger partial charge >= 0.3 is 0 Å². The summed E-state index contributed by atoms with van der Waals surface area (Å²) in [4.78, 5) is 21.6. The molecule has 7 heteroatoms. The third-order valence-electron chi connectivity index (χ3n) is 3.94. The van der Waals surface area contributed by atoms with Crippen molar-refractivity contribution in [3.8, 4) is 0 Å². The molecule has 1 aromatic carbocycles. The van der Waals surface area contributed by atoms with Crippen LogP contribution in [0.1, 0.15) is 24.6 Å². The molecule has 0 fully saturated rings. The number of nitrogens with one attached hydrogen (secondary N) is 3. The maximum atomic E-state index is 11.2. The number of aryl methyl sites for hydroxylation is 1. The number of allylic oxidation sites excluding steroid dienone is 1. The van der Waals surface area contributed by atoms with Crippen molar-refractivity contribution in [2.24, 2.45) is 0 Å². The summed E-state index contributed by atoms with van der Waals surface area (Å²) in [6.07, 6.45) is 3.91. The second kappa shape index (κ2) is 6.16. The Balaban J connectivity index is 1.60. The van der Waals surface area contributed by atoms with Gasteiger partial charge in [-0.25, -0.2) is 9.97 Å². The fourth-order valence-corrected chi connectivity index (χ4v) is 3.94. The van der Waals surface area contributed by atoms with Crippen LogP contribution in [-0.4, -0.2) is 21.8 Å². The fourth-order valence-electron chi connectivity index (χ4n) is 2.89. The Bertz CT molecular complexity index is 849. The van der Waals surface area contributed by atoms with E-state index in [1.165, 1.54) is 23.1 Å². The number of nitrogens with zero attached hydrogens (tertiary/aromatic N) is 2. The average molecular weight is 339 g/mol. The topological polar surface area (TPSA) is 78.9 Å². The molecule has 24 heavy (non-hydrogen) atoms. The quantitative estimate of drug-likeness (QED) is 0.797. The van der Waals surface area contributed by atoms with Crippen LogP contribution in [0.3, 0.4) is 0 Å². The minimum Gasteiger partial charge on any atom is -0.378 e. The molecule has 3 N–H and O–H groups in total. The van der Waals surface area contributed by atoms with Crippen LogP contribution in [0.4, 0.5) is 17.3 Å². The number of amides is 1. The number of thioether (sulfide) groups is 1. The molecule has 2 aromatic rings. The first-order chi connectivity index (χ1) is 11.7. The zero-order chi connectivity index (χ0) is 16.5. The molecule has 0 unspecified atom stereocenters. The Morgan fingerprint density at radius 1 is 1.29 bits per heavy atom. The molecule has 0 saturated heterocycles. The lowest BCUT2D eigenvalue weighted by molar-refractivity contribution is -0.114. The largest absolute Gasteiger partial charge is 0.378 e. The summed E-state index contributed by atoms with van der Waals surface area (Å²) in [6.45, 7) is 1.49. The second-order valence-corrected chi connectivity index (χ2v) is 6.71. The van der Waals surface area contributed by atoms with Gasteiger partial charge in [0.1, 0.15) is 0 Å². The normalized spacial score (nSPS) is 15.4. The molecule has 122 valence electrons. The number of aromatic nitrogens is 2. The molecule has 1 aliphatic heterocycles. The van der Waals surface area contributed by atoms with Gasteiger partial charge in [0.05, 0.1) is 16.5 Å². The van der Waals surface area contributed by atoms with Gasteiger partial charge in [-0.05, 0) is 36.6 Å². The van der Waals surface area contributed by atoms with E-state index >= 15 is 0 Å². The van der Waals surface area contributed by atoms with Gasteiger partial charge in [-0.1, -0.05) is 6.07 Å². The van der Waals surface area contributed by atoms with E-state index < -0.39 is 0 Å². The van der Waals surface area contributed by atoms with Crippen molar-refractivity contribution in [1.82, 2.24) is 15.3 Å². The molecule has 2 aliphatic rings. The van der Waals surface area contributed by atoms with Crippen LogP contribution in [0.15, 0.2) is 36.2 Å². The van der Waals surface area contributed by atoms with Crippen molar-refractivity contribution in [2.75, 3.05) is 16.5 Å². The van der Waals surface area contributed by atoms with E-state index in [2.05, 4.69) is 20.9 Å². The van der Waals surface area contributed by atoms with Gasteiger partial charge in [-0.2, -0.15) is 0 Å². The molecule has 0 bridgehead atoms. The van der Waals surface area contributed by atoms with Gasteiger partial charge in [0, 0.05) is 30.2 Å². The summed E-state index contributed by atoms with van der Waals surface area (Å²) in [5, 5.41) is 9.41. The van der Waals surface area contributed by atoms with Gasteiger partial charge in [0.25, 0.3) is 0 Å². The molecule has 2 heterocycles. The summed E-state index contributed by atoms with van der Waals surface area (Å²) in [5.74, 6) is 1.38. The van der Waals surface area contributed by atoms with Crippen LogP contribution in [0, 0.1) is 0 Å². The van der Waals surface area contributed by atoms with Crippen molar-refractivity contribution in [3.63, 3.8) is 0 Å². The Hall–Kier alpha value is -2.54. The molecule has 0 atom stereocenters. The Kier molecular flexibility index (Phi) is 3.86. The minimum atomic E-state index is -0.0950. The number of fused-ring (bicyclic) bond motifs is 2. The minimum absolute atomic E-state index is 0.0950. The summed E-state index contributed by atoms with van der Waals surface area (Å²) < 4.78 is 0. The van der Waals surface area contributed by atoms with Crippen molar-refractivity contribution < 1.29 is 4.79 Å². The Morgan fingerprint density at radius 3 is 3.04 bits per heavy atom. The van der Waals surface area contributed by atoms with E-state index in [0.29, 0.717) is 5.95 Å². The molecule has 1 aromatic heterocycles. The number of carbonyl (C=O) groups is 1. The third-order valence-corrected chi connectivity index (χ3v) is 4.96. The van der Waals surface area contributed by atoms with Crippen molar-refractivity contribution in [2.45, 2.75) is 19.8 Å². The van der Waals surface area contributed by atoms with Gasteiger partial charge < -0.3 is 16.0 Å². The van der Waals surface area contributed by atoms with Crippen LogP contribution >= 0.6 is 11.8 Å². The van der Waals surface area contributed by atoms with E-state index in [9.17, 15) is 4.79 Å². The Labute approximate surface area is 144 Å². The zero-order valence-corrected chi connectivity index (χ0v) is 14.0. The molecule has 1 aliphatic carbocycles. The van der Waals surface area contributed by atoms with Crippen LogP contribution in [-0.2, 0) is 11.2 Å². The van der Waals surface area contributed by atoms with Crippen LogP contribution in [0.5, 0.6) is 0 Å². The highest BCUT2D eigenvalue weighted by Crippen LogP contribution is 2.40. The highest BCUT2D eigenvalue weighted by molar-refractivity contribution is 8.08. The highest BCUT2D eigenvalue weighted by atomic mass is 32.2. The number of hydrogen-bond acceptors (Lipinski definition) is 6. The first-order valence-corrected chi connectivity index (χ1v) is 8.78. The van der Waals surface area contributed by atoms with Crippen molar-refractivity contribution >= 4 is 39.9 Å². The predicted octanol–water partition coefficient (Wildman–Crippen LogP) is 3.09. The molecular formula is C17H17N5OS. The predicted molar refractivity (Wildman–Crippen MR) is 96.9 cm³/mol. The first kappa shape index (κ1) is 15.0. The van der Waals surface area contributed by atoms with E-state index in [-0.39, 0.29) is 5.91 Å². The summed E-state index contributed by atoms with van der Waals surface area (Å²) in [7, 11) is 0. The Morgan fingerprint density at radius 2 is 2.17 bits per heavy atom. The molecule has 1 amide bonds. The molecule has 6 nitrogen and oxygen atoms in total. The molecule has 0 radical (unpaired) electrons. The highest BCUT2D eigenvalue weighted by Gasteiger charge is 2.25. The summed E-state index contributed by atoms with van der Waals surface area (Å²) in [6, 6.07) is 7.51. The van der Waals surface area contributed by atoms with Gasteiger partial charge in [-0.3, -0.25) is 4.79 Å². The number of anilines is 3. The maximum Gasteiger partial charge on any atom is 0.227 e. The number of hydrogen-bond donors (Lipinski definition) is 3. The third kappa shape index (κ3) is 2.94. The van der Waals surface area contributed by atoms with Crippen LogP contribution in [0.25, 0.3) is 4.91 Å². The monoisotopic (exact) mass is 339 g/mol. The van der Waals surface area contributed by atoms with E-state index in [0.717, 1.165) is 35.8 Å². The molecule has 0 spiro atoms. The molecule has 4 rings (SSSR count). The van der Waals surface area contributed by atoms with Gasteiger partial charge in [0.15, 0.2) is 0 Å². The zero-order valence-electron chi connectivity index (χ0n) is 13.2. The second-order valence-electron chi connectivity index (χ2n) is 5.73. The standard InChI is InChI=1S/C17H17N5OS/c1-10(23)20-12-3-2-4-13(7-12)21-17-18-8-11-5-6-14-16(15(11)22-17)24-9-19-14/h2-4,7-8,19H,5-6,9H2,1H3,(H,20,23)(H,18,21,22). The SMILES string of the molecule is CC(=O)Nc1cccc(Nc2ncc3c(n2)C2=C(CC3)NCS2)c1. The molecular weight excluding hydrogens is 322 g/mol. The van der Waals surface area contributed by atoms with Crippen molar-refractivity contribution in [3.05, 3.63) is 47.4 Å². The first-order valence-electron chi connectivity index (χ1n) is 7.80. The average Bonchev–Trinajstić information content (AvgIpc) is 3.03. The van der Waals surface area contributed by atoms with Crippen molar-refractivity contribution in [1.29, 1.82) is 0 Å². The van der Waals surface area contributed by atoms with Crippen LogP contribution < -0.4 is 16.0 Å². The molecule has 0 saturated carbocycles. The number of rotatable bonds is 3. The smallest absolute Gasteiger partial charge is 0.227 e. The van der Waals surface area contributed by atoms with E-state index in [4.69, 9.17) is 4.98 Å². The lowest BCUT2D eigenvalue weighted by Crippen LogP contribution is -2.13. The van der Waals surface area contributed by atoms with E-state index in [1.807, 2.05) is 30.5 Å². The number of benzene rings is 1. The number of carbonyl (C=O) groups excluding carboxylic acids is 1. The van der Waals surface area contributed by atoms with E-state index in [1.54, 1.807) is 11.8 Å². The summed E-state index contributed by atoms with van der Waals surface area (Å²) >= 11 is 1.80. The maximum absolute atomic E-state index is 11.2.